The highest BCUT2D eigenvalue weighted by Gasteiger charge is 2.03. The van der Waals surface area contributed by atoms with Crippen LogP contribution in [0.2, 0.25) is 0 Å². The lowest BCUT2D eigenvalue weighted by Crippen LogP contribution is -2.09. The fourth-order valence-corrected chi connectivity index (χ4v) is 1.38. The summed E-state index contributed by atoms with van der Waals surface area (Å²) in [4.78, 5) is 12.3. The minimum absolute atomic E-state index is 0.239. The molecule has 5 nitrogen and oxygen atoms in total. The Morgan fingerprint density at radius 2 is 1.76 bits per heavy atom. The van der Waals surface area contributed by atoms with Gasteiger partial charge in [-0.05, 0) is 12.1 Å². The normalized spacial score (nSPS) is 10.2. The number of benzene rings is 1. The van der Waals surface area contributed by atoms with Crippen LogP contribution in [0.25, 0.3) is 0 Å². The molecule has 0 radical (unpaired) electrons. The van der Waals surface area contributed by atoms with E-state index in [1.165, 1.54) is 0 Å². The summed E-state index contributed by atoms with van der Waals surface area (Å²) in [7, 11) is 0. The zero-order valence-corrected chi connectivity index (χ0v) is 9.63. The van der Waals surface area contributed by atoms with Crippen molar-refractivity contribution < 1.29 is 4.74 Å². The van der Waals surface area contributed by atoms with Gasteiger partial charge in [0.2, 0.25) is 5.95 Å². The summed E-state index contributed by atoms with van der Waals surface area (Å²) in [6.07, 6.45) is 0.727. The van der Waals surface area contributed by atoms with Gasteiger partial charge in [-0.25, -0.2) is 4.98 Å². The number of hydrogen-bond acceptors (Lipinski definition) is 5. The number of para-hydroxylation sites is 1. The fraction of sp³-hybridized carbons (Fsp3) is 0.250. The van der Waals surface area contributed by atoms with E-state index in [4.69, 9.17) is 10.5 Å². The van der Waals surface area contributed by atoms with Crippen molar-refractivity contribution in [1.82, 2.24) is 15.0 Å². The SMILES string of the molecule is CCc1nc(N)nc(COc2ccccc2)n1. The molecule has 0 aliphatic carbocycles. The van der Waals surface area contributed by atoms with E-state index in [0.29, 0.717) is 18.3 Å². The lowest BCUT2D eigenvalue weighted by atomic mass is 10.3. The number of aromatic nitrogens is 3. The third-order valence-corrected chi connectivity index (χ3v) is 2.17. The van der Waals surface area contributed by atoms with E-state index in [0.717, 1.165) is 12.2 Å². The third-order valence-electron chi connectivity index (χ3n) is 2.17. The number of nitrogens with zero attached hydrogens (tertiary/aromatic N) is 3. The summed E-state index contributed by atoms with van der Waals surface area (Å²) in [6.45, 7) is 2.26. The van der Waals surface area contributed by atoms with Gasteiger partial charge >= 0.3 is 0 Å². The van der Waals surface area contributed by atoms with E-state index in [2.05, 4.69) is 15.0 Å². The zero-order valence-electron chi connectivity index (χ0n) is 9.63. The van der Waals surface area contributed by atoms with Gasteiger partial charge in [0.25, 0.3) is 0 Å². The molecular weight excluding hydrogens is 216 g/mol. The minimum Gasteiger partial charge on any atom is -0.486 e. The molecule has 0 spiro atoms. The Balaban J connectivity index is 2.06. The van der Waals surface area contributed by atoms with Gasteiger partial charge in [0.05, 0.1) is 0 Å². The molecule has 0 bridgehead atoms. The fourth-order valence-electron chi connectivity index (χ4n) is 1.38. The third kappa shape index (κ3) is 3.14. The predicted molar refractivity (Wildman–Crippen MR) is 64.4 cm³/mol. The average molecular weight is 230 g/mol. The van der Waals surface area contributed by atoms with Gasteiger partial charge in [0, 0.05) is 6.42 Å². The van der Waals surface area contributed by atoms with Crippen LogP contribution in [0, 0.1) is 0 Å². The van der Waals surface area contributed by atoms with Crippen LogP contribution in [0.3, 0.4) is 0 Å². The Morgan fingerprint density at radius 3 is 2.47 bits per heavy atom. The van der Waals surface area contributed by atoms with Crippen LogP contribution in [0.5, 0.6) is 5.75 Å². The Morgan fingerprint density at radius 1 is 1.06 bits per heavy atom. The van der Waals surface area contributed by atoms with Gasteiger partial charge in [-0.3, -0.25) is 0 Å². The predicted octanol–water partition coefficient (Wildman–Crippen LogP) is 1.60. The molecule has 17 heavy (non-hydrogen) atoms. The van der Waals surface area contributed by atoms with Gasteiger partial charge in [-0.2, -0.15) is 9.97 Å². The van der Waals surface area contributed by atoms with Crippen molar-refractivity contribution in [2.75, 3.05) is 5.73 Å². The molecule has 0 aliphatic heterocycles. The number of aryl methyl sites for hydroxylation is 1. The van der Waals surface area contributed by atoms with Crippen molar-refractivity contribution in [1.29, 1.82) is 0 Å². The monoisotopic (exact) mass is 230 g/mol. The molecule has 0 aliphatic rings. The second-order valence-electron chi connectivity index (χ2n) is 3.48. The Kier molecular flexibility index (Phi) is 3.49. The summed E-state index contributed by atoms with van der Waals surface area (Å²) in [5.74, 6) is 2.26. The standard InChI is InChI=1S/C12H14N4O/c1-2-10-14-11(16-12(13)15-10)8-17-9-6-4-3-5-7-9/h3-7H,2,8H2,1H3,(H2,13,14,15,16). The van der Waals surface area contributed by atoms with Crippen molar-refractivity contribution >= 4 is 5.95 Å². The highest BCUT2D eigenvalue weighted by Crippen LogP contribution is 2.10. The molecule has 88 valence electrons. The van der Waals surface area contributed by atoms with Crippen molar-refractivity contribution in [2.24, 2.45) is 0 Å². The molecule has 0 amide bonds. The summed E-state index contributed by atoms with van der Waals surface area (Å²) >= 11 is 0. The first-order valence-electron chi connectivity index (χ1n) is 5.45. The smallest absolute Gasteiger partial charge is 0.223 e. The molecule has 0 saturated heterocycles. The quantitative estimate of drug-likeness (QED) is 0.863. The van der Waals surface area contributed by atoms with Crippen LogP contribution in [-0.4, -0.2) is 15.0 Å². The largest absolute Gasteiger partial charge is 0.486 e. The van der Waals surface area contributed by atoms with E-state index in [9.17, 15) is 0 Å². The maximum atomic E-state index is 5.59. The molecular formula is C12H14N4O. The van der Waals surface area contributed by atoms with Crippen molar-refractivity contribution in [3.05, 3.63) is 42.0 Å². The molecule has 2 rings (SSSR count). The van der Waals surface area contributed by atoms with Crippen LogP contribution < -0.4 is 10.5 Å². The van der Waals surface area contributed by atoms with Crippen molar-refractivity contribution in [2.45, 2.75) is 20.0 Å². The Hall–Kier alpha value is -2.17. The summed E-state index contributed by atoms with van der Waals surface area (Å²) < 4.78 is 5.54. The highest BCUT2D eigenvalue weighted by molar-refractivity contribution is 5.21. The van der Waals surface area contributed by atoms with Crippen LogP contribution >= 0.6 is 0 Å². The molecule has 0 fully saturated rings. The minimum atomic E-state index is 0.239. The highest BCUT2D eigenvalue weighted by atomic mass is 16.5. The summed E-state index contributed by atoms with van der Waals surface area (Å²) in [6, 6.07) is 9.52. The second kappa shape index (κ2) is 5.25. The van der Waals surface area contributed by atoms with E-state index in [1.807, 2.05) is 37.3 Å². The van der Waals surface area contributed by atoms with Crippen LogP contribution in [-0.2, 0) is 13.0 Å². The molecule has 1 heterocycles. The zero-order chi connectivity index (χ0) is 12.1. The van der Waals surface area contributed by atoms with E-state index in [1.54, 1.807) is 0 Å². The molecule has 0 atom stereocenters. The van der Waals surface area contributed by atoms with Gasteiger partial charge < -0.3 is 10.5 Å². The number of ether oxygens (including phenoxy) is 1. The van der Waals surface area contributed by atoms with E-state index in [-0.39, 0.29) is 5.95 Å². The number of rotatable bonds is 4. The molecule has 5 heteroatoms. The first kappa shape index (κ1) is 11.3. The van der Waals surface area contributed by atoms with E-state index < -0.39 is 0 Å². The van der Waals surface area contributed by atoms with Crippen LogP contribution in [0.1, 0.15) is 18.6 Å². The molecule has 1 aromatic carbocycles. The lowest BCUT2D eigenvalue weighted by molar-refractivity contribution is 0.295. The molecule has 2 aromatic rings. The Labute approximate surface area is 99.7 Å². The van der Waals surface area contributed by atoms with Crippen molar-refractivity contribution in [3.63, 3.8) is 0 Å². The van der Waals surface area contributed by atoms with Gasteiger partial charge in [-0.15, -0.1) is 0 Å². The van der Waals surface area contributed by atoms with Crippen LogP contribution in [0.4, 0.5) is 5.95 Å². The maximum absolute atomic E-state index is 5.59. The number of nitrogen functional groups attached to an aromatic ring is 1. The first-order valence-corrected chi connectivity index (χ1v) is 5.45. The molecule has 0 saturated carbocycles. The summed E-state index contributed by atoms with van der Waals surface area (Å²) in [5, 5.41) is 0. The summed E-state index contributed by atoms with van der Waals surface area (Å²) in [5.41, 5.74) is 5.59. The number of nitrogens with two attached hydrogens (primary N) is 1. The van der Waals surface area contributed by atoms with Crippen LogP contribution in [0.15, 0.2) is 30.3 Å². The average Bonchev–Trinajstić information content (AvgIpc) is 2.37. The molecule has 1 aromatic heterocycles. The number of anilines is 1. The topological polar surface area (TPSA) is 73.9 Å². The molecule has 2 N–H and O–H groups in total. The molecule has 0 unspecified atom stereocenters. The number of hydrogen-bond donors (Lipinski definition) is 1. The lowest BCUT2D eigenvalue weighted by Gasteiger charge is -2.06. The Bertz CT molecular complexity index is 487. The van der Waals surface area contributed by atoms with Gasteiger partial charge in [-0.1, -0.05) is 25.1 Å². The second-order valence-corrected chi connectivity index (χ2v) is 3.48. The first-order chi connectivity index (χ1) is 8.28. The van der Waals surface area contributed by atoms with Gasteiger partial charge in [0.1, 0.15) is 18.2 Å². The van der Waals surface area contributed by atoms with Crippen molar-refractivity contribution in [3.8, 4) is 5.75 Å². The van der Waals surface area contributed by atoms with Gasteiger partial charge in [0.15, 0.2) is 5.82 Å². The van der Waals surface area contributed by atoms with E-state index >= 15 is 0 Å². The maximum Gasteiger partial charge on any atom is 0.223 e.